The van der Waals surface area contributed by atoms with E-state index in [1.54, 1.807) is 23.6 Å². The van der Waals surface area contributed by atoms with Gasteiger partial charge in [-0.15, -0.1) is 0 Å². The highest BCUT2D eigenvalue weighted by atomic mass is 32.2. The van der Waals surface area contributed by atoms with Crippen LogP contribution in [0, 0.1) is 5.92 Å². The summed E-state index contributed by atoms with van der Waals surface area (Å²) in [5, 5.41) is 9.69. The summed E-state index contributed by atoms with van der Waals surface area (Å²) in [6.07, 6.45) is 9.25. The minimum atomic E-state index is -3.73. The van der Waals surface area contributed by atoms with Crippen LogP contribution < -0.4 is 5.32 Å². The first-order valence-corrected chi connectivity index (χ1v) is 15.3. The third kappa shape index (κ3) is 5.34. The highest BCUT2D eigenvalue weighted by Crippen LogP contribution is 2.32. The normalized spacial score (nSPS) is 24.1. The van der Waals surface area contributed by atoms with E-state index in [9.17, 15) is 16.8 Å². The maximum atomic E-state index is 13.2. The Morgan fingerprint density at radius 3 is 2.43 bits per heavy atom. The smallest absolute Gasteiger partial charge is 0.243 e. The molecule has 1 aromatic heterocycles. The number of rotatable bonds is 6. The molecule has 1 aromatic carbocycles. The van der Waals surface area contributed by atoms with Gasteiger partial charge in [0.15, 0.2) is 9.84 Å². The number of pyridine rings is 1. The van der Waals surface area contributed by atoms with Gasteiger partial charge in [-0.2, -0.15) is 9.41 Å². The molecule has 1 saturated heterocycles. The number of nitrogens with one attached hydrogen (secondary N) is 1. The Labute approximate surface area is 218 Å². The van der Waals surface area contributed by atoms with Crippen LogP contribution >= 0.6 is 0 Å². The van der Waals surface area contributed by atoms with E-state index in [1.807, 2.05) is 18.2 Å². The molecule has 2 unspecified atom stereocenters. The average molecular weight is 538 g/mol. The minimum Gasteiger partial charge on any atom is -0.367 e. The number of sulfonamides is 1. The van der Waals surface area contributed by atoms with Gasteiger partial charge >= 0.3 is 0 Å². The Morgan fingerprint density at radius 2 is 1.78 bits per heavy atom. The van der Waals surface area contributed by atoms with E-state index in [4.69, 9.17) is 12.8 Å². The molecule has 0 bridgehead atoms. The molecule has 37 heavy (non-hydrogen) atoms. The van der Waals surface area contributed by atoms with E-state index in [0.717, 1.165) is 17.5 Å². The molecular weight excluding hydrogens is 511 g/mol. The summed E-state index contributed by atoms with van der Waals surface area (Å²) in [4.78, 5) is 9.07. The molecule has 2 atom stereocenters. The number of hydrazone groups is 1. The lowest BCUT2D eigenvalue weighted by Crippen LogP contribution is -2.51. The van der Waals surface area contributed by atoms with Crippen LogP contribution in [0.1, 0.15) is 18.4 Å². The van der Waals surface area contributed by atoms with E-state index in [0.29, 0.717) is 38.3 Å². The van der Waals surface area contributed by atoms with Crippen LogP contribution in [-0.2, 0) is 26.4 Å². The number of aromatic nitrogens is 1. The number of amidine groups is 1. The number of piperidine rings is 1. The number of nitrogens with zero attached hydrogens (tertiary/aromatic N) is 5. The Kier molecular flexibility index (Phi) is 6.94. The number of hydrogen-bond acceptors (Lipinski definition) is 8. The first-order chi connectivity index (χ1) is 17.6. The van der Waals surface area contributed by atoms with Crippen LogP contribution in [0.15, 0.2) is 80.4 Å². The molecule has 0 amide bonds. The van der Waals surface area contributed by atoms with E-state index in [-0.39, 0.29) is 27.7 Å². The zero-order valence-electron chi connectivity index (χ0n) is 20.3. The van der Waals surface area contributed by atoms with Crippen molar-refractivity contribution < 1.29 is 16.8 Å². The molecule has 1 N–H and O–H groups in total. The molecule has 13 heteroatoms. The predicted octanol–water partition coefficient (Wildman–Crippen LogP) is 1.56. The zero-order valence-corrected chi connectivity index (χ0v) is 21.9. The highest BCUT2D eigenvalue weighted by molar-refractivity contribution is 7.90. The summed E-state index contributed by atoms with van der Waals surface area (Å²) in [5.74, 6) is 0.507. The first kappa shape index (κ1) is 25.6. The van der Waals surface area contributed by atoms with Crippen molar-refractivity contribution in [3.8, 4) is 0 Å². The second kappa shape index (κ2) is 10.0. The fraction of sp³-hybridized carbons (Fsp3) is 0.375. The second-order valence-electron chi connectivity index (χ2n) is 9.33. The first-order valence-electron chi connectivity index (χ1n) is 11.9. The van der Waals surface area contributed by atoms with Crippen LogP contribution in [0.4, 0.5) is 0 Å². The molecule has 0 saturated carbocycles. The van der Waals surface area contributed by atoms with Crippen molar-refractivity contribution in [2.45, 2.75) is 41.2 Å². The van der Waals surface area contributed by atoms with Crippen molar-refractivity contribution in [1.82, 2.24) is 19.6 Å². The largest absolute Gasteiger partial charge is 0.367 e. The van der Waals surface area contributed by atoms with Crippen molar-refractivity contribution in [3.63, 3.8) is 0 Å². The highest BCUT2D eigenvalue weighted by Gasteiger charge is 2.37. The minimum absolute atomic E-state index is 0.0860. The van der Waals surface area contributed by atoms with Gasteiger partial charge in [0, 0.05) is 55.6 Å². The number of hydrogen-bond donors (Lipinski definition) is 1. The number of aliphatic imine (C=N–C) groups is 1. The van der Waals surface area contributed by atoms with Crippen LogP contribution in [0.25, 0.3) is 0 Å². The number of benzene rings is 1. The summed E-state index contributed by atoms with van der Waals surface area (Å²) in [5.41, 5.74) is 1.96. The third-order valence-electron chi connectivity index (χ3n) is 6.75. The molecule has 3 aliphatic heterocycles. The third-order valence-corrected chi connectivity index (χ3v) is 9.80. The molecule has 10 nitrogen and oxygen atoms in total. The molecule has 5 rings (SSSR count). The molecule has 1 fully saturated rings. The molecule has 192 valence electrons. The summed E-state index contributed by atoms with van der Waals surface area (Å²) in [6.45, 7) is 1.15. The van der Waals surface area contributed by atoms with E-state index in [1.165, 1.54) is 28.6 Å². The summed E-state index contributed by atoms with van der Waals surface area (Å²) < 4.78 is 51.2. The van der Waals surface area contributed by atoms with Gasteiger partial charge in [-0.1, -0.05) is 6.07 Å². The molecular formula is C24H27BN6O4S2. The fourth-order valence-corrected chi connectivity index (χ4v) is 6.77. The Bertz CT molecular complexity index is 1450. The predicted molar refractivity (Wildman–Crippen MR) is 141 cm³/mol. The van der Waals surface area contributed by atoms with E-state index < -0.39 is 19.9 Å². The summed E-state index contributed by atoms with van der Waals surface area (Å²) in [6, 6.07) is 9.19. The van der Waals surface area contributed by atoms with Gasteiger partial charge in [0.05, 0.1) is 24.2 Å². The van der Waals surface area contributed by atoms with Crippen molar-refractivity contribution >= 4 is 39.8 Å². The molecule has 0 aliphatic carbocycles. The summed E-state index contributed by atoms with van der Waals surface area (Å²) >= 11 is 0. The van der Waals surface area contributed by atoms with Crippen LogP contribution in [-0.4, -0.2) is 76.5 Å². The number of fused-ring (bicyclic) bond motifs is 1. The van der Waals surface area contributed by atoms with Gasteiger partial charge in [-0.25, -0.2) is 21.8 Å². The van der Waals surface area contributed by atoms with Crippen LogP contribution in [0.3, 0.4) is 0 Å². The van der Waals surface area contributed by atoms with Gasteiger partial charge in [-0.3, -0.25) is 9.98 Å². The van der Waals surface area contributed by atoms with E-state index in [2.05, 4.69) is 15.4 Å². The van der Waals surface area contributed by atoms with Gasteiger partial charge in [0.1, 0.15) is 12.0 Å². The lowest BCUT2D eigenvalue weighted by molar-refractivity contribution is 0.259. The van der Waals surface area contributed by atoms with Gasteiger partial charge in [0.25, 0.3) is 0 Å². The van der Waals surface area contributed by atoms with Crippen LogP contribution in [0.2, 0.25) is 5.82 Å². The lowest BCUT2D eigenvalue weighted by atomic mass is 9.84. The Hall–Kier alpha value is -3.03. The topological polar surface area (TPSA) is 124 Å². The molecule has 3 aliphatic rings. The van der Waals surface area contributed by atoms with Gasteiger partial charge < -0.3 is 5.32 Å². The Morgan fingerprint density at radius 1 is 1.08 bits per heavy atom. The van der Waals surface area contributed by atoms with Gasteiger partial charge in [-0.05, 0) is 54.6 Å². The monoisotopic (exact) mass is 538 g/mol. The number of sulfone groups is 1. The van der Waals surface area contributed by atoms with E-state index >= 15 is 0 Å². The molecule has 2 aromatic rings. The van der Waals surface area contributed by atoms with Crippen molar-refractivity contribution in [2.24, 2.45) is 16.0 Å². The SMILES string of the molecule is [B]C1C=NN2C(=NCc3cccnc3)C=C(C3CCN(S(=O)(=O)c4ccc(S(C)(=O)=O)cc4)CC3)NC12. The standard InChI is InChI=1S/C24H27BN6O4S2/c1-36(32,33)19-4-6-20(7-5-19)37(34,35)30-11-8-18(9-12-30)22-13-23(27-15-17-3-2-10-26-14-17)31-24(29-22)21(25)16-28-31/h2-7,10,13-14,16,18,21,24,29H,8-9,11-12,15H2,1H3. The maximum Gasteiger partial charge on any atom is 0.243 e. The number of allylic oxidation sites excluding steroid dienone is 1. The second-order valence-corrected chi connectivity index (χ2v) is 13.3. The summed E-state index contributed by atoms with van der Waals surface area (Å²) in [7, 11) is -0.870. The van der Waals surface area contributed by atoms with Gasteiger partial charge in [0.2, 0.25) is 10.0 Å². The fourth-order valence-electron chi connectivity index (χ4n) is 4.67. The molecule has 2 radical (unpaired) electrons. The van der Waals surface area contributed by atoms with Crippen molar-refractivity contribution in [3.05, 3.63) is 66.1 Å². The van der Waals surface area contributed by atoms with Crippen molar-refractivity contribution in [1.29, 1.82) is 0 Å². The lowest BCUT2D eigenvalue weighted by Gasteiger charge is -2.39. The van der Waals surface area contributed by atoms with Crippen LogP contribution in [0.5, 0.6) is 0 Å². The van der Waals surface area contributed by atoms with Crippen molar-refractivity contribution in [2.75, 3.05) is 19.3 Å². The quantitative estimate of drug-likeness (QED) is 0.554. The average Bonchev–Trinajstić information content (AvgIpc) is 3.28. The Balaban J connectivity index is 1.30. The molecule has 4 heterocycles. The maximum absolute atomic E-state index is 13.2. The molecule has 0 spiro atoms. The zero-order chi connectivity index (χ0) is 26.2.